The van der Waals surface area contributed by atoms with Crippen LogP contribution >= 0.6 is 0 Å². The number of hydrogen-bond donors (Lipinski definition) is 1. The minimum atomic E-state index is -0.366. The van der Waals surface area contributed by atoms with Crippen molar-refractivity contribution in [1.82, 2.24) is 10.2 Å². The molecule has 0 aliphatic carbocycles. The summed E-state index contributed by atoms with van der Waals surface area (Å²) in [5, 5.41) is 14.2. The zero-order valence-corrected chi connectivity index (χ0v) is 16.5. The largest absolute Gasteiger partial charge is 0.363 e. The quantitative estimate of drug-likeness (QED) is 0.595. The van der Waals surface area contributed by atoms with Crippen LogP contribution in [0.4, 0.5) is 15.8 Å². The molecule has 0 saturated carbocycles. The molecule has 3 rings (SSSR count). The Morgan fingerprint density at radius 2 is 1.69 bits per heavy atom. The summed E-state index contributed by atoms with van der Waals surface area (Å²) in [5.74, 6) is -0.405. The number of rotatable bonds is 6. The molecule has 0 radical (unpaired) electrons. The topological polar surface area (TPSA) is 78.7 Å². The normalized spacial score (nSPS) is 16.9. The molecule has 1 heterocycles. The van der Waals surface area contributed by atoms with Crippen molar-refractivity contribution in [2.75, 3.05) is 31.1 Å². The van der Waals surface area contributed by atoms with Gasteiger partial charge in [-0.3, -0.25) is 19.8 Å². The Morgan fingerprint density at radius 1 is 1.07 bits per heavy atom. The van der Waals surface area contributed by atoms with Gasteiger partial charge in [-0.25, -0.2) is 4.39 Å². The lowest BCUT2D eigenvalue weighted by atomic mass is 10.1. The monoisotopic (exact) mass is 400 g/mol. The molecule has 1 aliphatic heterocycles. The molecule has 2 atom stereocenters. The van der Waals surface area contributed by atoms with Crippen LogP contribution in [0.5, 0.6) is 0 Å². The first-order chi connectivity index (χ1) is 13.9. The van der Waals surface area contributed by atoms with Gasteiger partial charge in [0.2, 0.25) is 5.91 Å². The molecule has 1 N–H and O–H groups in total. The smallest absolute Gasteiger partial charge is 0.292 e. The summed E-state index contributed by atoms with van der Waals surface area (Å²) < 4.78 is 13.1. The van der Waals surface area contributed by atoms with Crippen LogP contribution in [0.15, 0.2) is 48.5 Å². The maximum Gasteiger partial charge on any atom is 0.292 e. The predicted molar refractivity (Wildman–Crippen MR) is 109 cm³/mol. The van der Waals surface area contributed by atoms with E-state index in [4.69, 9.17) is 0 Å². The van der Waals surface area contributed by atoms with Gasteiger partial charge in [0.15, 0.2) is 0 Å². The predicted octanol–water partition coefficient (Wildman–Crippen LogP) is 3.12. The molecule has 7 nitrogen and oxygen atoms in total. The van der Waals surface area contributed by atoms with E-state index < -0.39 is 0 Å². The summed E-state index contributed by atoms with van der Waals surface area (Å²) in [6.07, 6.45) is 0. The van der Waals surface area contributed by atoms with Crippen LogP contribution in [0.2, 0.25) is 0 Å². The van der Waals surface area contributed by atoms with Gasteiger partial charge in [-0.2, -0.15) is 0 Å². The van der Waals surface area contributed by atoms with Gasteiger partial charge in [0.25, 0.3) is 5.69 Å². The summed E-state index contributed by atoms with van der Waals surface area (Å²) in [7, 11) is 0. The molecule has 1 aliphatic rings. The molecule has 1 saturated heterocycles. The summed E-state index contributed by atoms with van der Waals surface area (Å²) in [6.45, 7) is 6.20. The lowest BCUT2D eigenvalue weighted by Crippen LogP contribution is -2.54. The number of hydrogen-bond acceptors (Lipinski definition) is 5. The number of halogens is 1. The van der Waals surface area contributed by atoms with Crippen LogP contribution in [0, 0.1) is 15.9 Å². The van der Waals surface area contributed by atoms with E-state index in [0.717, 1.165) is 5.56 Å². The standard InChI is InChI=1S/C21H25FN4O3/c1-15(17-7-9-18(22)10-8-17)23-21(27)16(2)24-11-13-25(14-12-24)19-5-3-4-6-20(19)26(28)29/h3-10,15-16H,11-14H2,1-2H3,(H,23,27). The Morgan fingerprint density at radius 3 is 2.31 bits per heavy atom. The molecule has 1 fully saturated rings. The Hall–Kier alpha value is -3.00. The lowest BCUT2D eigenvalue weighted by molar-refractivity contribution is -0.384. The molecule has 1 amide bonds. The summed E-state index contributed by atoms with van der Waals surface area (Å²) in [4.78, 5) is 27.6. The molecule has 2 unspecified atom stereocenters. The third-order valence-electron chi connectivity index (χ3n) is 5.39. The highest BCUT2D eigenvalue weighted by atomic mass is 19.1. The maximum absolute atomic E-state index is 13.1. The average Bonchev–Trinajstić information content (AvgIpc) is 2.73. The first kappa shape index (κ1) is 20.7. The average molecular weight is 400 g/mol. The summed E-state index contributed by atoms with van der Waals surface area (Å²) in [5.41, 5.74) is 1.55. The highest BCUT2D eigenvalue weighted by Crippen LogP contribution is 2.28. The van der Waals surface area contributed by atoms with E-state index in [-0.39, 0.29) is 34.4 Å². The van der Waals surface area contributed by atoms with Crippen molar-refractivity contribution in [3.63, 3.8) is 0 Å². The molecular formula is C21H25FN4O3. The van der Waals surface area contributed by atoms with Crippen LogP contribution in [0.25, 0.3) is 0 Å². The fourth-order valence-corrected chi connectivity index (χ4v) is 3.57. The number of para-hydroxylation sites is 2. The number of carbonyl (C=O) groups excluding carboxylic acids is 1. The highest BCUT2D eigenvalue weighted by molar-refractivity contribution is 5.81. The van der Waals surface area contributed by atoms with E-state index in [1.54, 1.807) is 30.3 Å². The van der Waals surface area contributed by atoms with E-state index in [9.17, 15) is 19.3 Å². The molecule has 2 aromatic rings. The Labute approximate surface area is 169 Å². The lowest BCUT2D eigenvalue weighted by Gasteiger charge is -2.38. The highest BCUT2D eigenvalue weighted by Gasteiger charge is 2.28. The number of benzene rings is 2. The van der Waals surface area contributed by atoms with Gasteiger partial charge in [-0.1, -0.05) is 24.3 Å². The zero-order chi connectivity index (χ0) is 21.0. The Balaban J connectivity index is 1.57. The molecular weight excluding hydrogens is 375 g/mol. The van der Waals surface area contributed by atoms with Crippen molar-refractivity contribution in [3.05, 3.63) is 70.0 Å². The Bertz CT molecular complexity index is 866. The van der Waals surface area contributed by atoms with Crippen LogP contribution in [-0.2, 0) is 4.79 Å². The van der Waals surface area contributed by atoms with E-state index in [0.29, 0.717) is 31.9 Å². The molecule has 0 spiro atoms. The van der Waals surface area contributed by atoms with Gasteiger partial charge in [-0.05, 0) is 37.6 Å². The van der Waals surface area contributed by atoms with Gasteiger partial charge < -0.3 is 10.2 Å². The van der Waals surface area contributed by atoms with E-state index in [2.05, 4.69) is 10.2 Å². The molecule has 0 aromatic heterocycles. The first-order valence-corrected chi connectivity index (χ1v) is 9.65. The van der Waals surface area contributed by atoms with Crippen molar-refractivity contribution in [1.29, 1.82) is 0 Å². The van der Waals surface area contributed by atoms with Crippen molar-refractivity contribution >= 4 is 17.3 Å². The Kier molecular flexibility index (Phi) is 6.43. The fraction of sp³-hybridized carbons (Fsp3) is 0.381. The van der Waals surface area contributed by atoms with Crippen molar-refractivity contribution in [2.24, 2.45) is 0 Å². The van der Waals surface area contributed by atoms with Gasteiger partial charge >= 0.3 is 0 Å². The van der Waals surface area contributed by atoms with E-state index in [1.807, 2.05) is 18.7 Å². The van der Waals surface area contributed by atoms with Crippen molar-refractivity contribution < 1.29 is 14.1 Å². The van der Waals surface area contributed by atoms with Gasteiger partial charge in [0.05, 0.1) is 17.0 Å². The van der Waals surface area contributed by atoms with Gasteiger partial charge in [0, 0.05) is 32.2 Å². The zero-order valence-electron chi connectivity index (χ0n) is 16.5. The minimum Gasteiger partial charge on any atom is -0.363 e. The second-order valence-corrected chi connectivity index (χ2v) is 7.23. The third-order valence-corrected chi connectivity index (χ3v) is 5.39. The van der Waals surface area contributed by atoms with Gasteiger partial charge in [0.1, 0.15) is 11.5 Å². The summed E-state index contributed by atoms with van der Waals surface area (Å²) in [6, 6.07) is 12.3. The van der Waals surface area contributed by atoms with E-state index in [1.165, 1.54) is 18.2 Å². The van der Waals surface area contributed by atoms with Gasteiger partial charge in [-0.15, -0.1) is 0 Å². The number of nitro groups is 1. The molecule has 2 aromatic carbocycles. The number of carbonyl (C=O) groups is 1. The maximum atomic E-state index is 13.1. The fourth-order valence-electron chi connectivity index (χ4n) is 3.57. The number of nitro benzene ring substituents is 1. The minimum absolute atomic E-state index is 0.0963. The van der Waals surface area contributed by atoms with Crippen molar-refractivity contribution in [2.45, 2.75) is 25.9 Å². The molecule has 0 bridgehead atoms. The van der Waals surface area contributed by atoms with Crippen LogP contribution in [-0.4, -0.2) is 48.0 Å². The molecule has 154 valence electrons. The van der Waals surface area contributed by atoms with Crippen LogP contribution < -0.4 is 10.2 Å². The SMILES string of the molecule is CC(NC(=O)C(C)N1CCN(c2ccccc2[N+](=O)[O-])CC1)c1ccc(F)cc1. The summed E-state index contributed by atoms with van der Waals surface area (Å²) >= 11 is 0. The number of nitrogens with one attached hydrogen (secondary N) is 1. The van der Waals surface area contributed by atoms with Crippen LogP contribution in [0.3, 0.4) is 0 Å². The number of anilines is 1. The molecule has 8 heteroatoms. The molecule has 29 heavy (non-hydrogen) atoms. The number of piperazine rings is 1. The first-order valence-electron chi connectivity index (χ1n) is 9.65. The second kappa shape index (κ2) is 9.00. The van der Waals surface area contributed by atoms with Crippen LogP contribution in [0.1, 0.15) is 25.5 Å². The number of nitrogens with zero attached hydrogens (tertiary/aromatic N) is 3. The number of amides is 1. The third kappa shape index (κ3) is 4.89. The second-order valence-electron chi connectivity index (χ2n) is 7.23. The van der Waals surface area contributed by atoms with Crippen molar-refractivity contribution in [3.8, 4) is 0 Å². The van der Waals surface area contributed by atoms with E-state index >= 15 is 0 Å².